The van der Waals surface area contributed by atoms with Crippen molar-refractivity contribution in [2.45, 2.75) is 19.9 Å². The first kappa shape index (κ1) is 13.9. The highest BCUT2D eigenvalue weighted by atomic mass is 19.1. The Balaban J connectivity index is 2.24. The highest BCUT2D eigenvalue weighted by Crippen LogP contribution is 2.15. The van der Waals surface area contributed by atoms with Crippen molar-refractivity contribution in [3.05, 3.63) is 29.6 Å². The lowest BCUT2D eigenvalue weighted by molar-refractivity contribution is 0.169. The Labute approximate surface area is 102 Å². The van der Waals surface area contributed by atoms with E-state index in [0.29, 0.717) is 30.6 Å². The lowest BCUT2D eigenvalue weighted by atomic mass is 10.2. The predicted molar refractivity (Wildman–Crippen MR) is 66.0 cm³/mol. The zero-order valence-electron chi connectivity index (χ0n) is 10.6. The van der Waals surface area contributed by atoms with Crippen LogP contribution in [-0.2, 0) is 4.74 Å². The van der Waals surface area contributed by atoms with Crippen molar-refractivity contribution in [3.63, 3.8) is 0 Å². The third-order valence-corrected chi connectivity index (χ3v) is 2.41. The highest BCUT2D eigenvalue weighted by Gasteiger charge is 2.01. The summed E-state index contributed by atoms with van der Waals surface area (Å²) in [6.45, 7) is 5.74. The molecule has 0 aliphatic rings. The molecule has 0 aliphatic heterocycles. The van der Waals surface area contributed by atoms with Crippen molar-refractivity contribution in [2.75, 3.05) is 26.9 Å². The summed E-state index contributed by atoms with van der Waals surface area (Å²) in [5, 5.41) is 3.26. The van der Waals surface area contributed by atoms with Crippen LogP contribution in [-0.4, -0.2) is 32.9 Å². The van der Waals surface area contributed by atoms with E-state index >= 15 is 0 Å². The van der Waals surface area contributed by atoms with Crippen LogP contribution in [0.2, 0.25) is 0 Å². The van der Waals surface area contributed by atoms with E-state index in [4.69, 9.17) is 9.47 Å². The van der Waals surface area contributed by atoms with Crippen molar-refractivity contribution in [1.82, 2.24) is 5.32 Å². The molecule has 1 unspecified atom stereocenters. The molecular weight excluding hydrogens is 221 g/mol. The molecule has 96 valence electrons. The van der Waals surface area contributed by atoms with Gasteiger partial charge in [0.1, 0.15) is 18.2 Å². The molecule has 0 saturated carbocycles. The maximum atomic E-state index is 13.0. The number of methoxy groups -OCH3 is 1. The summed E-state index contributed by atoms with van der Waals surface area (Å²) in [7, 11) is 1.68. The number of nitrogens with one attached hydrogen (secondary N) is 1. The molecule has 0 bridgehead atoms. The maximum Gasteiger partial charge on any atom is 0.126 e. The molecule has 0 aromatic heterocycles. The van der Waals surface area contributed by atoms with E-state index in [1.54, 1.807) is 26.2 Å². The molecule has 0 fully saturated rings. The minimum absolute atomic E-state index is 0.204. The molecular formula is C13H20FNO2. The van der Waals surface area contributed by atoms with E-state index in [-0.39, 0.29) is 5.82 Å². The van der Waals surface area contributed by atoms with Crippen LogP contribution in [0.5, 0.6) is 5.75 Å². The van der Waals surface area contributed by atoms with Gasteiger partial charge in [0.05, 0.1) is 6.61 Å². The topological polar surface area (TPSA) is 30.5 Å². The van der Waals surface area contributed by atoms with E-state index in [1.807, 2.05) is 6.92 Å². The van der Waals surface area contributed by atoms with E-state index in [9.17, 15) is 4.39 Å². The van der Waals surface area contributed by atoms with E-state index in [0.717, 1.165) is 6.54 Å². The molecule has 1 aromatic rings. The standard InChI is InChI=1S/C13H20FNO2/c1-10-8-12(4-5-13(10)14)17-7-6-15-11(2)9-16-3/h4-5,8,11,15H,6-7,9H2,1-3H3. The number of halogens is 1. The number of benzene rings is 1. The third kappa shape index (κ3) is 5.15. The van der Waals surface area contributed by atoms with Gasteiger partial charge in [0.15, 0.2) is 0 Å². The minimum atomic E-state index is -0.204. The van der Waals surface area contributed by atoms with E-state index < -0.39 is 0 Å². The Morgan fingerprint density at radius 1 is 1.41 bits per heavy atom. The SMILES string of the molecule is COCC(C)NCCOc1ccc(F)c(C)c1. The number of hydrogen-bond acceptors (Lipinski definition) is 3. The Morgan fingerprint density at radius 3 is 2.82 bits per heavy atom. The molecule has 1 rings (SSSR count). The van der Waals surface area contributed by atoms with Gasteiger partial charge in [-0.25, -0.2) is 4.39 Å². The van der Waals surface area contributed by atoms with Gasteiger partial charge in [-0.3, -0.25) is 0 Å². The zero-order valence-corrected chi connectivity index (χ0v) is 10.6. The first-order valence-electron chi connectivity index (χ1n) is 5.74. The summed E-state index contributed by atoms with van der Waals surface area (Å²) >= 11 is 0. The molecule has 17 heavy (non-hydrogen) atoms. The molecule has 0 spiro atoms. The Bertz CT molecular complexity index is 344. The molecule has 0 heterocycles. The van der Waals surface area contributed by atoms with Crippen molar-refractivity contribution in [3.8, 4) is 5.75 Å². The lowest BCUT2D eigenvalue weighted by Gasteiger charge is -2.13. The number of rotatable bonds is 7. The van der Waals surface area contributed by atoms with Crippen molar-refractivity contribution < 1.29 is 13.9 Å². The Morgan fingerprint density at radius 2 is 2.18 bits per heavy atom. The monoisotopic (exact) mass is 241 g/mol. The maximum absolute atomic E-state index is 13.0. The van der Waals surface area contributed by atoms with Gasteiger partial charge in [0.2, 0.25) is 0 Å². The quantitative estimate of drug-likeness (QED) is 0.742. The van der Waals surface area contributed by atoms with Crippen LogP contribution in [0.15, 0.2) is 18.2 Å². The molecule has 0 amide bonds. The Kier molecular flexibility index (Phi) is 5.94. The summed E-state index contributed by atoms with van der Waals surface area (Å²) in [6.07, 6.45) is 0. The van der Waals surface area contributed by atoms with Gasteiger partial charge >= 0.3 is 0 Å². The van der Waals surface area contributed by atoms with Gasteiger partial charge in [0, 0.05) is 19.7 Å². The lowest BCUT2D eigenvalue weighted by Crippen LogP contribution is -2.33. The molecule has 1 N–H and O–H groups in total. The fourth-order valence-electron chi connectivity index (χ4n) is 1.49. The largest absolute Gasteiger partial charge is 0.492 e. The average molecular weight is 241 g/mol. The Hall–Kier alpha value is -1.13. The molecule has 0 radical (unpaired) electrons. The summed E-state index contributed by atoms with van der Waals surface area (Å²) in [6, 6.07) is 5.07. The number of hydrogen-bond donors (Lipinski definition) is 1. The van der Waals surface area contributed by atoms with Gasteiger partial charge in [-0.15, -0.1) is 0 Å². The molecule has 0 saturated heterocycles. The average Bonchev–Trinajstić information content (AvgIpc) is 2.29. The van der Waals surface area contributed by atoms with Gasteiger partial charge in [-0.1, -0.05) is 0 Å². The fourth-order valence-corrected chi connectivity index (χ4v) is 1.49. The first-order valence-corrected chi connectivity index (χ1v) is 5.74. The minimum Gasteiger partial charge on any atom is -0.492 e. The number of aryl methyl sites for hydroxylation is 1. The van der Waals surface area contributed by atoms with Crippen LogP contribution in [0.25, 0.3) is 0 Å². The van der Waals surface area contributed by atoms with E-state index in [2.05, 4.69) is 5.32 Å². The van der Waals surface area contributed by atoms with Crippen LogP contribution >= 0.6 is 0 Å². The van der Waals surface area contributed by atoms with Crippen LogP contribution < -0.4 is 10.1 Å². The van der Waals surface area contributed by atoms with Gasteiger partial charge in [0.25, 0.3) is 0 Å². The smallest absolute Gasteiger partial charge is 0.126 e. The molecule has 1 atom stereocenters. The molecule has 3 nitrogen and oxygen atoms in total. The fraction of sp³-hybridized carbons (Fsp3) is 0.538. The first-order chi connectivity index (χ1) is 8.13. The summed E-state index contributed by atoms with van der Waals surface area (Å²) in [5.41, 5.74) is 0.600. The summed E-state index contributed by atoms with van der Waals surface area (Å²) < 4.78 is 23.5. The highest BCUT2D eigenvalue weighted by molar-refractivity contribution is 5.28. The third-order valence-electron chi connectivity index (χ3n) is 2.41. The second-order valence-corrected chi connectivity index (χ2v) is 4.07. The van der Waals surface area contributed by atoms with Crippen molar-refractivity contribution in [1.29, 1.82) is 0 Å². The van der Waals surface area contributed by atoms with Crippen LogP contribution in [0.3, 0.4) is 0 Å². The van der Waals surface area contributed by atoms with Crippen LogP contribution in [0.4, 0.5) is 4.39 Å². The molecule has 4 heteroatoms. The van der Waals surface area contributed by atoms with Crippen LogP contribution in [0, 0.1) is 12.7 Å². The van der Waals surface area contributed by atoms with Crippen molar-refractivity contribution in [2.24, 2.45) is 0 Å². The summed E-state index contributed by atoms with van der Waals surface area (Å²) in [5.74, 6) is 0.495. The second kappa shape index (κ2) is 7.25. The predicted octanol–water partition coefficient (Wildman–Crippen LogP) is 2.14. The van der Waals surface area contributed by atoms with E-state index in [1.165, 1.54) is 6.07 Å². The molecule has 1 aromatic carbocycles. The zero-order chi connectivity index (χ0) is 12.7. The second-order valence-electron chi connectivity index (χ2n) is 4.07. The number of ether oxygens (including phenoxy) is 2. The van der Waals surface area contributed by atoms with Gasteiger partial charge < -0.3 is 14.8 Å². The van der Waals surface area contributed by atoms with Gasteiger partial charge in [-0.05, 0) is 37.6 Å². The van der Waals surface area contributed by atoms with Gasteiger partial charge in [-0.2, -0.15) is 0 Å². The summed E-state index contributed by atoms with van der Waals surface area (Å²) in [4.78, 5) is 0. The van der Waals surface area contributed by atoms with Crippen LogP contribution in [0.1, 0.15) is 12.5 Å². The normalized spacial score (nSPS) is 12.5. The molecule has 0 aliphatic carbocycles. The van der Waals surface area contributed by atoms with Crippen molar-refractivity contribution >= 4 is 0 Å².